The van der Waals surface area contributed by atoms with Gasteiger partial charge in [0.2, 0.25) is 0 Å². The molecule has 0 saturated carbocycles. The minimum Gasteiger partial charge on any atom is -0.493 e. The molecular formula is C27H32O3S. The first-order valence-corrected chi connectivity index (χ1v) is 11.9. The van der Waals surface area contributed by atoms with Gasteiger partial charge in [-0.15, -0.1) is 11.3 Å². The van der Waals surface area contributed by atoms with Gasteiger partial charge in [0.25, 0.3) is 0 Å². The second-order valence-electron chi connectivity index (χ2n) is 7.97. The Morgan fingerprint density at radius 2 is 1.74 bits per heavy atom. The lowest BCUT2D eigenvalue weighted by atomic mass is 10.00. The van der Waals surface area contributed by atoms with E-state index in [1.54, 1.807) is 11.3 Å². The third-order valence-electron chi connectivity index (χ3n) is 5.36. The Kier molecular flexibility index (Phi) is 8.44. The molecule has 1 aromatic heterocycles. The number of aryl methyl sites for hydroxylation is 4. The van der Waals surface area contributed by atoms with Crippen molar-refractivity contribution in [3.63, 3.8) is 0 Å². The molecule has 164 valence electrons. The largest absolute Gasteiger partial charge is 0.493 e. The van der Waals surface area contributed by atoms with Gasteiger partial charge in [-0.05, 0) is 60.6 Å². The zero-order valence-electron chi connectivity index (χ0n) is 18.7. The van der Waals surface area contributed by atoms with Crippen LogP contribution in [0.15, 0.2) is 48.5 Å². The van der Waals surface area contributed by atoms with Crippen LogP contribution in [0.4, 0.5) is 0 Å². The number of carbonyl (C=O) groups is 1. The van der Waals surface area contributed by atoms with E-state index in [-0.39, 0.29) is 12.4 Å². The number of aliphatic hydroxyl groups excluding tert-OH is 1. The van der Waals surface area contributed by atoms with Gasteiger partial charge in [-0.1, -0.05) is 55.8 Å². The molecule has 4 heteroatoms. The summed E-state index contributed by atoms with van der Waals surface area (Å²) in [4.78, 5) is 15.2. The van der Waals surface area contributed by atoms with Crippen LogP contribution in [-0.4, -0.2) is 24.1 Å². The molecule has 3 aromatic rings. The molecule has 3 rings (SSSR count). The number of ketones is 1. The molecule has 1 heterocycles. The van der Waals surface area contributed by atoms with Crippen LogP contribution in [0, 0.1) is 13.8 Å². The van der Waals surface area contributed by atoms with Gasteiger partial charge < -0.3 is 9.84 Å². The Bertz CT molecular complexity index is 982. The van der Waals surface area contributed by atoms with Crippen molar-refractivity contribution in [1.29, 1.82) is 0 Å². The zero-order chi connectivity index (χ0) is 22.2. The molecule has 0 aliphatic carbocycles. The van der Waals surface area contributed by atoms with Gasteiger partial charge in [0.05, 0.1) is 11.5 Å². The lowest BCUT2D eigenvalue weighted by molar-refractivity contribution is 0.0986. The summed E-state index contributed by atoms with van der Waals surface area (Å²) < 4.78 is 5.81. The smallest absolute Gasteiger partial charge is 0.173 e. The Labute approximate surface area is 189 Å². The fraction of sp³-hybridized carbons (Fsp3) is 0.370. The molecule has 0 spiro atoms. The molecule has 0 amide bonds. The van der Waals surface area contributed by atoms with Crippen LogP contribution in [0.1, 0.15) is 57.4 Å². The monoisotopic (exact) mass is 436 g/mol. The van der Waals surface area contributed by atoms with E-state index >= 15 is 0 Å². The van der Waals surface area contributed by atoms with Gasteiger partial charge in [-0.3, -0.25) is 4.79 Å². The molecule has 0 bridgehead atoms. The first-order chi connectivity index (χ1) is 15.0. The van der Waals surface area contributed by atoms with Crippen molar-refractivity contribution >= 4 is 17.1 Å². The summed E-state index contributed by atoms with van der Waals surface area (Å²) in [7, 11) is 0. The van der Waals surface area contributed by atoms with Crippen LogP contribution in [0.25, 0.3) is 11.1 Å². The van der Waals surface area contributed by atoms with E-state index in [1.165, 1.54) is 16.0 Å². The number of hydrogen-bond donors (Lipinski definition) is 1. The number of carbonyl (C=O) groups excluding carboxylic acids is 1. The number of aliphatic hydroxyl groups is 1. The molecule has 2 aromatic carbocycles. The molecule has 1 N–H and O–H groups in total. The predicted octanol–water partition coefficient (Wildman–Crippen LogP) is 6.56. The zero-order valence-corrected chi connectivity index (χ0v) is 19.6. The highest BCUT2D eigenvalue weighted by atomic mass is 32.1. The summed E-state index contributed by atoms with van der Waals surface area (Å²) in [5.41, 5.74) is 5.70. The van der Waals surface area contributed by atoms with Crippen LogP contribution >= 0.6 is 11.3 Å². The first kappa shape index (κ1) is 23.2. The van der Waals surface area contributed by atoms with Crippen LogP contribution in [0.3, 0.4) is 0 Å². The van der Waals surface area contributed by atoms with Gasteiger partial charge >= 0.3 is 0 Å². The Hall–Kier alpha value is -2.43. The van der Waals surface area contributed by atoms with Gasteiger partial charge in [-0.25, -0.2) is 0 Å². The Morgan fingerprint density at radius 1 is 1.03 bits per heavy atom. The van der Waals surface area contributed by atoms with Gasteiger partial charge in [0, 0.05) is 24.3 Å². The van der Waals surface area contributed by atoms with E-state index in [2.05, 4.69) is 37.3 Å². The van der Waals surface area contributed by atoms with Crippen LogP contribution in [0.2, 0.25) is 0 Å². The van der Waals surface area contributed by atoms with Crippen molar-refractivity contribution in [1.82, 2.24) is 0 Å². The molecule has 3 nitrogen and oxygen atoms in total. The molecule has 0 fully saturated rings. The Balaban J connectivity index is 1.71. The maximum absolute atomic E-state index is 13.0. The van der Waals surface area contributed by atoms with Crippen molar-refractivity contribution < 1.29 is 14.6 Å². The summed E-state index contributed by atoms with van der Waals surface area (Å²) in [6, 6.07) is 16.7. The molecule has 0 aliphatic rings. The SMILES string of the molecule is CCCc1sc(C(=O)CCc2cc(C)c(OCCCO)c(C)c2)cc1-c1ccccc1. The molecule has 0 saturated heterocycles. The summed E-state index contributed by atoms with van der Waals surface area (Å²) in [6.45, 7) is 6.90. The lowest BCUT2D eigenvalue weighted by Gasteiger charge is -2.13. The minimum atomic E-state index is 0.132. The van der Waals surface area contributed by atoms with Crippen molar-refractivity contribution in [3.05, 3.63) is 75.0 Å². The normalized spacial score (nSPS) is 11.0. The van der Waals surface area contributed by atoms with Crippen molar-refractivity contribution in [2.24, 2.45) is 0 Å². The van der Waals surface area contributed by atoms with E-state index in [4.69, 9.17) is 9.84 Å². The average Bonchev–Trinajstić information content (AvgIpc) is 3.19. The van der Waals surface area contributed by atoms with Crippen molar-refractivity contribution in [2.45, 2.75) is 52.9 Å². The highest BCUT2D eigenvalue weighted by molar-refractivity contribution is 7.14. The number of hydrogen-bond acceptors (Lipinski definition) is 4. The average molecular weight is 437 g/mol. The van der Waals surface area contributed by atoms with Gasteiger partial charge in [-0.2, -0.15) is 0 Å². The molecule has 31 heavy (non-hydrogen) atoms. The van der Waals surface area contributed by atoms with Gasteiger partial charge in [0.15, 0.2) is 5.78 Å². The predicted molar refractivity (Wildman–Crippen MR) is 130 cm³/mol. The summed E-state index contributed by atoms with van der Waals surface area (Å²) >= 11 is 1.65. The van der Waals surface area contributed by atoms with E-state index in [9.17, 15) is 4.79 Å². The molecule has 0 radical (unpaired) electrons. The van der Waals surface area contributed by atoms with Crippen LogP contribution in [-0.2, 0) is 12.8 Å². The molecular weight excluding hydrogens is 404 g/mol. The lowest BCUT2D eigenvalue weighted by Crippen LogP contribution is -2.04. The maximum Gasteiger partial charge on any atom is 0.173 e. The standard InChI is InChI=1S/C27H32O3S/c1-4-9-25-23(22-10-6-5-7-11-22)18-26(31-25)24(29)13-12-21-16-19(2)27(20(3)17-21)30-15-8-14-28/h5-7,10-11,16-18,28H,4,8-9,12-15H2,1-3H3. The maximum atomic E-state index is 13.0. The first-order valence-electron chi connectivity index (χ1n) is 11.1. The van der Waals surface area contributed by atoms with E-state index in [1.807, 2.05) is 32.0 Å². The fourth-order valence-electron chi connectivity index (χ4n) is 3.87. The highest BCUT2D eigenvalue weighted by Gasteiger charge is 2.16. The van der Waals surface area contributed by atoms with E-state index in [0.717, 1.165) is 46.6 Å². The second-order valence-corrected chi connectivity index (χ2v) is 9.11. The summed E-state index contributed by atoms with van der Waals surface area (Å²) in [5.74, 6) is 1.10. The molecule has 0 atom stereocenters. The summed E-state index contributed by atoms with van der Waals surface area (Å²) in [5, 5.41) is 8.95. The van der Waals surface area contributed by atoms with E-state index < -0.39 is 0 Å². The third kappa shape index (κ3) is 6.05. The van der Waals surface area contributed by atoms with Crippen LogP contribution in [0.5, 0.6) is 5.75 Å². The minimum absolute atomic E-state index is 0.132. The van der Waals surface area contributed by atoms with E-state index in [0.29, 0.717) is 19.4 Å². The fourth-order valence-corrected chi connectivity index (χ4v) is 5.12. The van der Waals surface area contributed by atoms with Crippen molar-refractivity contribution in [2.75, 3.05) is 13.2 Å². The Morgan fingerprint density at radius 3 is 2.39 bits per heavy atom. The van der Waals surface area contributed by atoms with Crippen molar-refractivity contribution in [3.8, 4) is 16.9 Å². The third-order valence-corrected chi connectivity index (χ3v) is 6.59. The summed E-state index contributed by atoms with van der Waals surface area (Å²) in [6.07, 6.45) is 3.92. The molecule has 0 unspecified atom stereocenters. The number of benzene rings is 2. The number of ether oxygens (including phenoxy) is 1. The highest BCUT2D eigenvalue weighted by Crippen LogP contribution is 2.33. The number of Topliss-reactive ketones (excluding diaryl/α,β-unsaturated/α-hetero) is 1. The quantitative estimate of drug-likeness (QED) is 0.273. The van der Waals surface area contributed by atoms with Crippen LogP contribution < -0.4 is 4.74 Å². The number of thiophene rings is 1. The molecule has 0 aliphatic heterocycles. The van der Waals surface area contributed by atoms with Gasteiger partial charge in [0.1, 0.15) is 5.75 Å². The topological polar surface area (TPSA) is 46.5 Å². The second kappa shape index (κ2) is 11.3. The number of rotatable bonds is 11.